The van der Waals surface area contributed by atoms with Crippen molar-refractivity contribution in [1.82, 2.24) is 0 Å². The monoisotopic (exact) mass is 390 g/mol. The van der Waals surface area contributed by atoms with Gasteiger partial charge in [0.15, 0.2) is 0 Å². The summed E-state index contributed by atoms with van der Waals surface area (Å²) in [6.45, 7) is 23.7. The van der Waals surface area contributed by atoms with Gasteiger partial charge in [-0.3, -0.25) is 0 Å². The van der Waals surface area contributed by atoms with Crippen LogP contribution in [0.3, 0.4) is 0 Å². The summed E-state index contributed by atoms with van der Waals surface area (Å²) in [5, 5.41) is 9.79. The molecule has 0 aliphatic rings. The highest BCUT2D eigenvalue weighted by atomic mass is 29.6. The van der Waals surface area contributed by atoms with Crippen LogP contribution in [0, 0.1) is 0 Å². The van der Waals surface area contributed by atoms with Crippen LogP contribution in [-0.2, 0) is 14.3 Å². The second-order valence-electron chi connectivity index (χ2n) is 9.04. The highest BCUT2D eigenvalue weighted by Gasteiger charge is 2.49. The SMILES string of the molecule is C=C(C)C(=O)OCC(O)COCCC[Si](C)([Si](C)(C)C)[Si](C)(C)C. The molecule has 0 amide bonds. The lowest BCUT2D eigenvalue weighted by Gasteiger charge is -2.48. The van der Waals surface area contributed by atoms with Crippen LogP contribution in [0.4, 0.5) is 0 Å². The van der Waals surface area contributed by atoms with Crippen molar-refractivity contribution in [1.29, 1.82) is 0 Å². The summed E-state index contributed by atoms with van der Waals surface area (Å²) >= 11 is 0. The van der Waals surface area contributed by atoms with Gasteiger partial charge >= 0.3 is 5.97 Å². The summed E-state index contributed by atoms with van der Waals surface area (Å²) in [6, 6.07) is 1.32. The predicted molar refractivity (Wildman–Crippen MR) is 110 cm³/mol. The number of carbonyl (C=O) groups is 1. The van der Waals surface area contributed by atoms with Crippen LogP contribution >= 0.6 is 0 Å². The molecule has 4 nitrogen and oxygen atoms in total. The molecule has 0 heterocycles. The number of ether oxygens (including phenoxy) is 2. The summed E-state index contributed by atoms with van der Waals surface area (Å²) in [6.07, 6.45) is 0.293. The van der Waals surface area contributed by atoms with Crippen molar-refractivity contribution in [3.8, 4) is 0 Å². The Balaban J connectivity index is 4.20. The zero-order valence-electron chi connectivity index (χ0n) is 17.0. The van der Waals surface area contributed by atoms with Gasteiger partial charge in [-0.2, -0.15) is 0 Å². The average molecular weight is 391 g/mol. The van der Waals surface area contributed by atoms with Gasteiger partial charge in [-0.15, -0.1) is 0 Å². The lowest BCUT2D eigenvalue weighted by atomic mass is 10.3. The zero-order chi connectivity index (χ0) is 19.2. The van der Waals surface area contributed by atoms with E-state index in [-0.39, 0.29) is 13.2 Å². The number of rotatable bonds is 11. The van der Waals surface area contributed by atoms with Crippen molar-refractivity contribution in [2.75, 3.05) is 19.8 Å². The molecule has 0 aliphatic carbocycles. The second kappa shape index (κ2) is 9.47. The molecule has 0 aliphatic heterocycles. The fraction of sp³-hybridized carbons (Fsp3) is 0.824. The number of aliphatic hydroxyl groups excluding tert-OH is 1. The van der Waals surface area contributed by atoms with Crippen LogP contribution < -0.4 is 0 Å². The van der Waals surface area contributed by atoms with E-state index in [2.05, 4.69) is 52.4 Å². The fourth-order valence-corrected chi connectivity index (χ4v) is 40.1. The molecule has 7 heteroatoms. The quantitative estimate of drug-likeness (QED) is 0.252. The van der Waals surface area contributed by atoms with Crippen molar-refractivity contribution in [3.63, 3.8) is 0 Å². The van der Waals surface area contributed by atoms with Gasteiger partial charge in [0.25, 0.3) is 0 Å². The van der Waals surface area contributed by atoms with Crippen molar-refractivity contribution in [3.05, 3.63) is 12.2 Å². The Bertz CT molecular complexity index is 411. The summed E-state index contributed by atoms with van der Waals surface area (Å²) in [5.41, 5.74) is 0.338. The number of carbonyl (C=O) groups excluding carboxylic acids is 1. The maximum Gasteiger partial charge on any atom is 0.333 e. The molecule has 0 saturated heterocycles. The molecule has 142 valence electrons. The van der Waals surface area contributed by atoms with Crippen LogP contribution in [0.15, 0.2) is 12.2 Å². The van der Waals surface area contributed by atoms with Gasteiger partial charge in [-0.1, -0.05) is 58.5 Å². The van der Waals surface area contributed by atoms with Crippen molar-refractivity contribution in [2.45, 2.75) is 71.3 Å². The lowest BCUT2D eigenvalue weighted by Crippen LogP contribution is -2.69. The number of aliphatic hydroxyl groups is 1. The first-order valence-corrected chi connectivity index (χ1v) is 20.5. The first kappa shape index (κ1) is 23.8. The van der Waals surface area contributed by atoms with Crippen LogP contribution in [0.25, 0.3) is 0 Å². The molecule has 0 spiro atoms. The maximum atomic E-state index is 11.3. The summed E-state index contributed by atoms with van der Waals surface area (Å²) < 4.78 is 10.5. The lowest BCUT2D eigenvalue weighted by molar-refractivity contribution is -0.143. The molecule has 1 unspecified atom stereocenters. The Morgan fingerprint density at radius 1 is 1.04 bits per heavy atom. The molecule has 24 heavy (non-hydrogen) atoms. The molecule has 0 saturated carbocycles. The minimum absolute atomic E-state index is 0.0397. The largest absolute Gasteiger partial charge is 0.460 e. The third-order valence-electron chi connectivity index (χ3n) is 5.34. The Morgan fingerprint density at radius 2 is 1.54 bits per heavy atom. The van der Waals surface area contributed by atoms with Crippen LogP contribution in [0.5, 0.6) is 0 Å². The summed E-state index contributed by atoms with van der Waals surface area (Å²) in [7, 11) is -3.49. The first-order valence-electron chi connectivity index (χ1n) is 8.81. The van der Waals surface area contributed by atoms with Crippen LogP contribution in [-0.4, -0.2) is 59.3 Å². The molecule has 0 aromatic rings. The van der Waals surface area contributed by atoms with E-state index >= 15 is 0 Å². The molecule has 0 radical (unpaired) electrons. The zero-order valence-corrected chi connectivity index (χ0v) is 20.0. The molecule has 0 bridgehead atoms. The fourth-order valence-electron chi connectivity index (χ4n) is 2.97. The van der Waals surface area contributed by atoms with Gasteiger partial charge in [0.2, 0.25) is 0 Å². The molecule has 0 aromatic heterocycles. The Hall–Kier alpha value is -0.219. The maximum absolute atomic E-state index is 11.3. The van der Waals surface area contributed by atoms with E-state index in [9.17, 15) is 9.90 Å². The van der Waals surface area contributed by atoms with E-state index < -0.39 is 34.4 Å². The molecule has 0 fully saturated rings. The standard InChI is InChI=1S/C17H38O4Si3/c1-15(2)17(19)21-14-16(18)13-20-11-10-12-24(9,22(3,4)5)23(6,7)8/h16,18H,1,10-14H2,2-9H3. The summed E-state index contributed by atoms with van der Waals surface area (Å²) in [5.74, 6) is -0.471. The highest BCUT2D eigenvalue weighted by Crippen LogP contribution is 2.33. The van der Waals surface area contributed by atoms with Gasteiger partial charge in [0.1, 0.15) is 12.7 Å². The van der Waals surface area contributed by atoms with Crippen LogP contribution in [0.1, 0.15) is 13.3 Å². The van der Waals surface area contributed by atoms with Crippen molar-refractivity contribution in [2.24, 2.45) is 0 Å². The van der Waals surface area contributed by atoms with Crippen molar-refractivity contribution >= 4 is 28.3 Å². The Morgan fingerprint density at radius 3 is 1.96 bits per heavy atom. The number of hydrogen-bond acceptors (Lipinski definition) is 4. The highest BCUT2D eigenvalue weighted by molar-refractivity contribution is 7.68. The third-order valence-corrected chi connectivity index (χ3v) is 48.2. The smallest absolute Gasteiger partial charge is 0.333 e. The summed E-state index contributed by atoms with van der Waals surface area (Å²) in [4.78, 5) is 11.3. The van der Waals surface area contributed by atoms with Gasteiger partial charge in [0.05, 0.1) is 6.61 Å². The van der Waals surface area contributed by atoms with Gasteiger partial charge in [0, 0.05) is 34.5 Å². The van der Waals surface area contributed by atoms with E-state index in [0.717, 1.165) is 6.42 Å². The Labute approximate surface area is 151 Å². The van der Waals surface area contributed by atoms with Crippen molar-refractivity contribution < 1.29 is 19.4 Å². The number of esters is 1. The third kappa shape index (κ3) is 7.35. The van der Waals surface area contributed by atoms with E-state index in [1.165, 1.54) is 6.04 Å². The molecular formula is C17H38O4Si3. The minimum atomic E-state index is -1.22. The number of hydrogen-bond donors (Lipinski definition) is 1. The van der Waals surface area contributed by atoms with Crippen LogP contribution in [0.2, 0.25) is 51.9 Å². The Kier molecular flexibility index (Phi) is 9.38. The topological polar surface area (TPSA) is 55.8 Å². The molecule has 0 aromatic carbocycles. The molecule has 1 atom stereocenters. The van der Waals surface area contributed by atoms with Gasteiger partial charge < -0.3 is 14.6 Å². The van der Waals surface area contributed by atoms with E-state index in [0.29, 0.717) is 12.2 Å². The van der Waals surface area contributed by atoms with E-state index in [4.69, 9.17) is 9.47 Å². The molecular weight excluding hydrogens is 352 g/mol. The normalized spacial score (nSPS) is 14.4. The van der Waals surface area contributed by atoms with Gasteiger partial charge in [-0.25, -0.2) is 4.79 Å². The molecule has 0 rings (SSSR count). The average Bonchev–Trinajstić information content (AvgIpc) is 2.41. The van der Waals surface area contributed by atoms with E-state index in [1.807, 2.05) is 0 Å². The second-order valence-corrected chi connectivity index (χ2v) is 38.3. The van der Waals surface area contributed by atoms with E-state index in [1.54, 1.807) is 6.92 Å². The predicted octanol–water partition coefficient (Wildman–Crippen LogP) is 3.79. The minimum Gasteiger partial charge on any atom is -0.460 e. The molecule has 1 N–H and O–H groups in total. The first-order chi connectivity index (χ1) is 10.7. The van der Waals surface area contributed by atoms with Gasteiger partial charge in [-0.05, 0) is 13.3 Å².